The first-order valence-electron chi connectivity index (χ1n) is 6.14. The number of carbonyl (C=O) groups excluding carboxylic acids is 1. The lowest BCUT2D eigenvalue weighted by molar-refractivity contribution is -0.0309. The topological polar surface area (TPSA) is 35.5 Å². The fourth-order valence-corrected chi connectivity index (χ4v) is 1.93. The Balaban J connectivity index is 1.69. The van der Waals surface area contributed by atoms with E-state index in [2.05, 4.69) is 0 Å². The van der Waals surface area contributed by atoms with Gasteiger partial charge in [-0.15, -0.1) is 0 Å². The molecule has 0 atom stereocenters. The maximum Gasteiger partial charge on any atom is 0.165 e. The van der Waals surface area contributed by atoms with E-state index >= 15 is 0 Å². The molecule has 1 heterocycles. The molecule has 1 saturated heterocycles. The fourth-order valence-electron chi connectivity index (χ4n) is 1.93. The number of hydrogen-bond acceptors (Lipinski definition) is 3. The van der Waals surface area contributed by atoms with Crippen LogP contribution < -0.4 is 0 Å². The van der Waals surface area contributed by atoms with Crippen molar-refractivity contribution in [2.45, 2.75) is 25.4 Å². The van der Waals surface area contributed by atoms with Gasteiger partial charge in [0.05, 0.1) is 12.7 Å². The van der Waals surface area contributed by atoms with Crippen LogP contribution in [0.2, 0.25) is 0 Å². The van der Waals surface area contributed by atoms with E-state index in [1.54, 1.807) is 0 Å². The number of Topliss-reactive ketones (excluding diaryl/α,β-unsaturated/α-hetero) is 1. The third kappa shape index (κ3) is 3.95. The molecule has 0 aromatic heterocycles. The molecular weight excluding hydrogens is 216 g/mol. The van der Waals surface area contributed by atoms with Gasteiger partial charge in [0.25, 0.3) is 0 Å². The van der Waals surface area contributed by atoms with E-state index in [1.807, 2.05) is 30.3 Å². The molecule has 1 aliphatic heterocycles. The predicted molar refractivity (Wildman–Crippen MR) is 65.2 cm³/mol. The van der Waals surface area contributed by atoms with Crippen LogP contribution in [-0.2, 0) is 9.47 Å². The van der Waals surface area contributed by atoms with Crippen molar-refractivity contribution in [1.29, 1.82) is 0 Å². The van der Waals surface area contributed by atoms with Crippen molar-refractivity contribution in [3.05, 3.63) is 35.9 Å². The van der Waals surface area contributed by atoms with Crippen molar-refractivity contribution in [3.63, 3.8) is 0 Å². The third-order valence-electron chi connectivity index (χ3n) is 2.95. The normalized spacial score (nSPS) is 16.9. The lowest BCUT2D eigenvalue weighted by atomic mass is 10.1. The number of ether oxygens (including phenoxy) is 2. The van der Waals surface area contributed by atoms with Gasteiger partial charge in [0.2, 0.25) is 0 Å². The Morgan fingerprint density at radius 3 is 2.65 bits per heavy atom. The quantitative estimate of drug-likeness (QED) is 0.734. The summed E-state index contributed by atoms with van der Waals surface area (Å²) >= 11 is 0. The zero-order valence-corrected chi connectivity index (χ0v) is 9.93. The van der Waals surface area contributed by atoms with E-state index in [1.165, 1.54) is 0 Å². The molecule has 0 amide bonds. The van der Waals surface area contributed by atoms with Crippen LogP contribution in [0.1, 0.15) is 29.6 Å². The monoisotopic (exact) mass is 234 g/mol. The van der Waals surface area contributed by atoms with Gasteiger partial charge in [0.1, 0.15) is 0 Å². The number of rotatable bonds is 5. The number of hydrogen-bond donors (Lipinski definition) is 0. The van der Waals surface area contributed by atoms with Gasteiger partial charge in [-0.3, -0.25) is 4.79 Å². The molecule has 0 radical (unpaired) electrons. The molecule has 92 valence electrons. The van der Waals surface area contributed by atoms with Gasteiger partial charge in [-0.2, -0.15) is 0 Å². The Labute approximate surface area is 102 Å². The summed E-state index contributed by atoms with van der Waals surface area (Å²) in [5.41, 5.74) is 0.767. The Morgan fingerprint density at radius 1 is 1.24 bits per heavy atom. The Hall–Kier alpha value is -1.19. The van der Waals surface area contributed by atoms with Gasteiger partial charge in [-0.05, 0) is 12.8 Å². The smallest absolute Gasteiger partial charge is 0.165 e. The molecule has 1 aliphatic rings. The summed E-state index contributed by atoms with van der Waals surface area (Å²) in [6, 6.07) is 9.36. The average molecular weight is 234 g/mol. The second kappa shape index (κ2) is 6.52. The molecule has 1 aromatic carbocycles. The summed E-state index contributed by atoms with van der Waals surface area (Å²) in [7, 11) is 0. The van der Waals surface area contributed by atoms with E-state index in [-0.39, 0.29) is 11.9 Å². The van der Waals surface area contributed by atoms with Gasteiger partial charge in [0, 0.05) is 25.2 Å². The predicted octanol–water partition coefficient (Wildman–Crippen LogP) is 2.46. The second-order valence-corrected chi connectivity index (χ2v) is 4.22. The molecule has 1 aromatic rings. The van der Waals surface area contributed by atoms with Crippen LogP contribution in [0.3, 0.4) is 0 Å². The maximum atomic E-state index is 11.8. The first-order chi connectivity index (χ1) is 8.36. The Kier molecular flexibility index (Phi) is 4.71. The summed E-state index contributed by atoms with van der Waals surface area (Å²) in [6.45, 7) is 2.06. The minimum Gasteiger partial charge on any atom is -0.381 e. The molecule has 0 saturated carbocycles. The molecule has 0 unspecified atom stereocenters. The second-order valence-electron chi connectivity index (χ2n) is 4.22. The molecule has 3 heteroatoms. The molecule has 0 aliphatic carbocycles. The summed E-state index contributed by atoms with van der Waals surface area (Å²) in [5.74, 6) is 0.151. The van der Waals surface area contributed by atoms with Crippen LogP contribution in [0.4, 0.5) is 0 Å². The SMILES string of the molecule is O=C(CCOC1CCOCC1)c1ccccc1. The van der Waals surface area contributed by atoms with Crippen LogP contribution in [0.25, 0.3) is 0 Å². The highest BCUT2D eigenvalue weighted by Gasteiger charge is 2.14. The number of benzene rings is 1. The molecule has 0 spiro atoms. The van der Waals surface area contributed by atoms with Crippen LogP contribution in [-0.4, -0.2) is 31.7 Å². The van der Waals surface area contributed by atoms with E-state index in [0.717, 1.165) is 31.6 Å². The van der Waals surface area contributed by atoms with Crippen molar-refractivity contribution < 1.29 is 14.3 Å². The van der Waals surface area contributed by atoms with Gasteiger partial charge < -0.3 is 9.47 Å². The van der Waals surface area contributed by atoms with Crippen LogP contribution in [0, 0.1) is 0 Å². The standard InChI is InChI=1S/C14H18O3/c15-14(12-4-2-1-3-5-12)8-11-17-13-6-9-16-10-7-13/h1-5,13H,6-11H2. The zero-order chi connectivity index (χ0) is 11.9. The van der Waals surface area contributed by atoms with Crippen LogP contribution >= 0.6 is 0 Å². The molecular formula is C14H18O3. The maximum absolute atomic E-state index is 11.8. The minimum absolute atomic E-state index is 0.151. The summed E-state index contributed by atoms with van der Waals surface area (Å²) in [6.07, 6.45) is 2.62. The lowest BCUT2D eigenvalue weighted by Crippen LogP contribution is -2.24. The zero-order valence-electron chi connectivity index (χ0n) is 9.93. The van der Waals surface area contributed by atoms with Crippen molar-refractivity contribution in [3.8, 4) is 0 Å². The van der Waals surface area contributed by atoms with Gasteiger partial charge in [-0.1, -0.05) is 30.3 Å². The Bertz CT molecular complexity index is 342. The summed E-state index contributed by atoms with van der Waals surface area (Å²) < 4.78 is 10.9. The first kappa shape index (κ1) is 12.3. The van der Waals surface area contributed by atoms with E-state index in [4.69, 9.17) is 9.47 Å². The third-order valence-corrected chi connectivity index (χ3v) is 2.95. The molecule has 2 rings (SSSR count). The molecule has 0 N–H and O–H groups in total. The van der Waals surface area contributed by atoms with Crippen molar-refractivity contribution in [1.82, 2.24) is 0 Å². The summed E-state index contributed by atoms with van der Waals surface area (Å²) in [5, 5.41) is 0. The van der Waals surface area contributed by atoms with Crippen LogP contribution in [0.15, 0.2) is 30.3 Å². The van der Waals surface area contributed by atoms with Crippen molar-refractivity contribution in [2.24, 2.45) is 0 Å². The fraction of sp³-hybridized carbons (Fsp3) is 0.500. The highest BCUT2D eigenvalue weighted by atomic mass is 16.5. The van der Waals surface area contributed by atoms with Gasteiger partial charge in [0.15, 0.2) is 5.78 Å². The van der Waals surface area contributed by atoms with E-state index < -0.39 is 0 Å². The van der Waals surface area contributed by atoms with Gasteiger partial charge >= 0.3 is 0 Å². The first-order valence-corrected chi connectivity index (χ1v) is 6.14. The molecule has 0 bridgehead atoms. The number of carbonyl (C=O) groups is 1. The van der Waals surface area contributed by atoms with Crippen molar-refractivity contribution in [2.75, 3.05) is 19.8 Å². The van der Waals surface area contributed by atoms with Crippen molar-refractivity contribution >= 4 is 5.78 Å². The number of ketones is 1. The van der Waals surface area contributed by atoms with Gasteiger partial charge in [-0.25, -0.2) is 0 Å². The van der Waals surface area contributed by atoms with E-state index in [0.29, 0.717) is 13.0 Å². The van der Waals surface area contributed by atoms with Crippen LogP contribution in [0.5, 0.6) is 0 Å². The molecule has 1 fully saturated rings. The highest BCUT2D eigenvalue weighted by molar-refractivity contribution is 5.96. The average Bonchev–Trinajstić information content (AvgIpc) is 2.41. The Morgan fingerprint density at radius 2 is 1.94 bits per heavy atom. The lowest BCUT2D eigenvalue weighted by Gasteiger charge is -2.22. The summed E-state index contributed by atoms with van der Waals surface area (Å²) in [4.78, 5) is 11.8. The highest BCUT2D eigenvalue weighted by Crippen LogP contribution is 2.11. The molecule has 3 nitrogen and oxygen atoms in total. The minimum atomic E-state index is 0.151. The largest absolute Gasteiger partial charge is 0.381 e. The molecule has 17 heavy (non-hydrogen) atoms. The van der Waals surface area contributed by atoms with E-state index in [9.17, 15) is 4.79 Å².